The molecule has 0 aromatic carbocycles. The first-order valence-corrected chi connectivity index (χ1v) is 9.82. The monoisotopic (exact) mass is 444 g/mol. The molecule has 1 aromatic heterocycles. The summed E-state index contributed by atoms with van der Waals surface area (Å²) >= 11 is 4.00. The van der Waals surface area contributed by atoms with Crippen molar-refractivity contribution in [2.45, 2.75) is 44.4 Å². The van der Waals surface area contributed by atoms with E-state index in [9.17, 15) is 29.4 Å². The number of aromatic amines is 1. The van der Waals surface area contributed by atoms with Crippen molar-refractivity contribution in [3.8, 4) is 0 Å². The summed E-state index contributed by atoms with van der Waals surface area (Å²) in [6.45, 7) is 2.51. The van der Waals surface area contributed by atoms with Crippen molar-refractivity contribution >= 4 is 36.3 Å². The van der Waals surface area contributed by atoms with Crippen LogP contribution < -0.4 is 21.7 Å². The highest BCUT2D eigenvalue weighted by molar-refractivity contribution is 7.80. The van der Waals surface area contributed by atoms with Crippen LogP contribution in [0.25, 0.3) is 0 Å². The number of rotatable bonds is 12. The van der Waals surface area contributed by atoms with Crippen LogP contribution in [0.4, 0.5) is 0 Å². The summed E-state index contributed by atoms with van der Waals surface area (Å²) in [5.74, 6) is -4.01. The highest BCUT2D eigenvalue weighted by Crippen LogP contribution is 2.03. The number of aliphatic hydroxyl groups is 1. The largest absolute Gasteiger partial charge is 0.480 e. The Bertz CT molecular complexity index is 728. The van der Waals surface area contributed by atoms with Crippen LogP contribution in [0.15, 0.2) is 12.5 Å². The van der Waals surface area contributed by atoms with Gasteiger partial charge in [-0.25, -0.2) is 9.78 Å². The molecular formula is C17H28N6O6S. The van der Waals surface area contributed by atoms with E-state index in [4.69, 9.17) is 5.73 Å². The van der Waals surface area contributed by atoms with Gasteiger partial charge in [-0.3, -0.25) is 14.4 Å². The van der Waals surface area contributed by atoms with Gasteiger partial charge in [-0.1, -0.05) is 13.8 Å². The fraction of sp³-hybridized carbons (Fsp3) is 0.588. The molecule has 0 saturated carbocycles. The minimum absolute atomic E-state index is 0.132. The zero-order valence-corrected chi connectivity index (χ0v) is 17.6. The summed E-state index contributed by atoms with van der Waals surface area (Å²) in [7, 11) is 0. The highest BCUT2D eigenvalue weighted by atomic mass is 32.1. The summed E-state index contributed by atoms with van der Waals surface area (Å²) in [5.41, 5.74) is 6.41. The number of nitrogens with zero attached hydrogens (tertiary/aromatic N) is 1. The minimum Gasteiger partial charge on any atom is -0.480 e. The third-order valence-electron chi connectivity index (χ3n) is 4.19. The number of aliphatic hydroxyl groups excluding tert-OH is 1. The number of carbonyl (C=O) groups is 4. The van der Waals surface area contributed by atoms with Gasteiger partial charge in [0.2, 0.25) is 17.7 Å². The Hall–Kier alpha value is -2.64. The van der Waals surface area contributed by atoms with E-state index < -0.39 is 54.5 Å². The fourth-order valence-electron chi connectivity index (χ4n) is 2.43. The summed E-state index contributed by atoms with van der Waals surface area (Å²) < 4.78 is 0. The second-order valence-electron chi connectivity index (χ2n) is 6.94. The smallest absolute Gasteiger partial charge is 0.326 e. The van der Waals surface area contributed by atoms with Crippen LogP contribution in [0, 0.1) is 5.92 Å². The van der Waals surface area contributed by atoms with Gasteiger partial charge < -0.3 is 36.9 Å². The van der Waals surface area contributed by atoms with Gasteiger partial charge >= 0.3 is 5.97 Å². The van der Waals surface area contributed by atoms with Gasteiger partial charge in [0.1, 0.15) is 18.1 Å². The van der Waals surface area contributed by atoms with Crippen molar-refractivity contribution in [1.29, 1.82) is 0 Å². The van der Waals surface area contributed by atoms with Crippen molar-refractivity contribution in [3.63, 3.8) is 0 Å². The Balaban J connectivity index is 2.69. The van der Waals surface area contributed by atoms with E-state index in [1.165, 1.54) is 12.5 Å². The van der Waals surface area contributed by atoms with E-state index in [0.717, 1.165) is 0 Å². The molecule has 0 fully saturated rings. The van der Waals surface area contributed by atoms with Crippen molar-refractivity contribution in [3.05, 3.63) is 18.2 Å². The number of carboxylic acids is 1. The van der Waals surface area contributed by atoms with Crippen molar-refractivity contribution in [2.24, 2.45) is 11.7 Å². The lowest BCUT2D eigenvalue weighted by Gasteiger charge is -2.24. The Labute approximate surface area is 178 Å². The lowest BCUT2D eigenvalue weighted by molar-refractivity contribution is -0.143. The molecule has 13 heteroatoms. The number of carboxylic acid groups (broad SMARTS) is 1. The average Bonchev–Trinajstić information content (AvgIpc) is 3.19. The van der Waals surface area contributed by atoms with E-state index in [-0.39, 0.29) is 18.1 Å². The van der Waals surface area contributed by atoms with Gasteiger partial charge in [-0.15, -0.1) is 0 Å². The molecule has 168 valence electrons. The van der Waals surface area contributed by atoms with Crippen LogP contribution in [0.3, 0.4) is 0 Å². The average molecular weight is 445 g/mol. The Morgan fingerprint density at radius 2 is 1.73 bits per heavy atom. The van der Waals surface area contributed by atoms with Gasteiger partial charge in [0.25, 0.3) is 0 Å². The number of thiol groups is 1. The normalized spacial score (nSPS) is 15.0. The number of hydrogen-bond donors (Lipinski definition) is 8. The summed E-state index contributed by atoms with van der Waals surface area (Å²) in [6, 6.07) is -4.68. The van der Waals surface area contributed by atoms with Gasteiger partial charge in [0.15, 0.2) is 0 Å². The summed E-state index contributed by atoms with van der Waals surface area (Å²) in [5, 5.41) is 25.6. The molecule has 4 unspecified atom stereocenters. The van der Waals surface area contributed by atoms with E-state index in [0.29, 0.717) is 5.69 Å². The molecule has 1 heterocycles. The number of imidazole rings is 1. The van der Waals surface area contributed by atoms with Crippen LogP contribution in [0.2, 0.25) is 0 Å². The predicted octanol–water partition coefficient (Wildman–Crippen LogP) is -2.60. The van der Waals surface area contributed by atoms with E-state index >= 15 is 0 Å². The number of carbonyl (C=O) groups excluding carboxylic acids is 3. The van der Waals surface area contributed by atoms with Crippen molar-refractivity contribution in [1.82, 2.24) is 25.9 Å². The summed E-state index contributed by atoms with van der Waals surface area (Å²) in [4.78, 5) is 54.8. The topological polar surface area (TPSA) is 200 Å². The molecule has 0 aliphatic carbocycles. The first-order chi connectivity index (χ1) is 14.1. The van der Waals surface area contributed by atoms with Gasteiger partial charge in [0, 0.05) is 24.1 Å². The molecule has 4 atom stereocenters. The van der Waals surface area contributed by atoms with Crippen LogP contribution in [0.1, 0.15) is 19.5 Å². The van der Waals surface area contributed by atoms with E-state index in [1.807, 2.05) is 0 Å². The number of H-pyrrole nitrogens is 1. The van der Waals surface area contributed by atoms with E-state index in [2.05, 4.69) is 38.5 Å². The van der Waals surface area contributed by atoms with Crippen LogP contribution in [-0.2, 0) is 25.6 Å². The maximum absolute atomic E-state index is 12.4. The molecule has 8 N–H and O–H groups in total. The molecule has 0 saturated heterocycles. The van der Waals surface area contributed by atoms with Gasteiger partial charge in [-0.2, -0.15) is 12.6 Å². The van der Waals surface area contributed by atoms with Crippen LogP contribution >= 0.6 is 12.6 Å². The van der Waals surface area contributed by atoms with Crippen LogP contribution in [0.5, 0.6) is 0 Å². The number of hydrogen-bond acceptors (Lipinski definition) is 8. The van der Waals surface area contributed by atoms with Crippen molar-refractivity contribution in [2.75, 3.05) is 12.4 Å². The first-order valence-electron chi connectivity index (χ1n) is 9.19. The number of nitrogens with two attached hydrogens (primary N) is 1. The van der Waals surface area contributed by atoms with Gasteiger partial charge in [-0.05, 0) is 5.92 Å². The van der Waals surface area contributed by atoms with Crippen molar-refractivity contribution < 1.29 is 29.4 Å². The van der Waals surface area contributed by atoms with E-state index in [1.54, 1.807) is 13.8 Å². The molecule has 12 nitrogen and oxygen atoms in total. The molecular weight excluding hydrogens is 416 g/mol. The second kappa shape index (κ2) is 12.1. The van der Waals surface area contributed by atoms with Crippen LogP contribution in [-0.4, -0.2) is 80.4 Å². The Kier molecular flexibility index (Phi) is 10.3. The number of aliphatic carboxylic acids is 1. The first kappa shape index (κ1) is 25.4. The molecule has 0 bridgehead atoms. The molecule has 3 amide bonds. The second-order valence-corrected chi connectivity index (χ2v) is 7.31. The Morgan fingerprint density at radius 3 is 2.20 bits per heavy atom. The zero-order valence-electron chi connectivity index (χ0n) is 16.7. The molecule has 1 aromatic rings. The number of nitrogens with one attached hydrogen (secondary N) is 4. The maximum Gasteiger partial charge on any atom is 0.326 e. The molecule has 0 spiro atoms. The summed E-state index contributed by atoms with van der Waals surface area (Å²) in [6.07, 6.45) is 3.07. The molecule has 0 aliphatic rings. The standard InChI is InChI=1S/C17H28N6O6S/c1-8(2)13(17(28)29)23-16(27)12(6-30)22-15(26)11(5-24)21-14(25)10(18)3-9-4-19-7-20-9/h4,7-8,10-13,24,30H,3,5-6,18H2,1-2H3,(H,19,20)(H,21,25)(H,22,26)(H,23,27)(H,28,29). The predicted molar refractivity (Wildman–Crippen MR) is 109 cm³/mol. The zero-order chi connectivity index (χ0) is 22.8. The third-order valence-corrected chi connectivity index (χ3v) is 4.56. The molecule has 30 heavy (non-hydrogen) atoms. The molecule has 0 radical (unpaired) electrons. The quantitative estimate of drug-likeness (QED) is 0.160. The minimum atomic E-state index is -1.36. The third kappa shape index (κ3) is 7.65. The fourth-order valence-corrected chi connectivity index (χ4v) is 2.69. The SMILES string of the molecule is CC(C)C(NC(=O)C(CS)NC(=O)C(CO)NC(=O)C(N)Cc1cnc[nH]1)C(=O)O. The number of aromatic nitrogens is 2. The van der Waals surface area contributed by atoms with Gasteiger partial charge in [0.05, 0.1) is 19.0 Å². The molecule has 0 aliphatic heterocycles. The maximum atomic E-state index is 12.4. The number of amides is 3. The Morgan fingerprint density at radius 1 is 1.13 bits per heavy atom. The molecule has 1 rings (SSSR count). The lowest BCUT2D eigenvalue weighted by Crippen LogP contribution is -2.59. The highest BCUT2D eigenvalue weighted by Gasteiger charge is 2.30. The lowest BCUT2D eigenvalue weighted by atomic mass is 10.0.